The van der Waals surface area contributed by atoms with Crippen molar-refractivity contribution in [3.8, 4) is 0 Å². The Morgan fingerprint density at radius 1 is 1.09 bits per heavy atom. The monoisotopic (exact) mass is 322 g/mol. The Balaban J connectivity index is 1.62. The molecule has 0 spiro atoms. The van der Waals surface area contributed by atoms with Crippen molar-refractivity contribution in [2.75, 3.05) is 12.3 Å². The largest absolute Gasteiger partial charge is 0.467 e. The lowest BCUT2D eigenvalue weighted by molar-refractivity contribution is -0.124. The third-order valence-corrected chi connectivity index (χ3v) is 3.68. The molecule has 1 aromatic carbocycles. The fraction of sp³-hybridized carbons (Fsp3) is 0.200. The lowest BCUT2D eigenvalue weighted by Crippen LogP contribution is -2.37. The van der Waals surface area contributed by atoms with Crippen LogP contribution in [-0.4, -0.2) is 24.1 Å². The SMILES string of the molecule is O=C(CNC(=O)CSc1ccc(F)cc1)NCc1ccco1. The maximum absolute atomic E-state index is 12.7. The molecule has 2 rings (SSSR count). The van der Waals surface area contributed by atoms with E-state index < -0.39 is 0 Å². The van der Waals surface area contributed by atoms with Crippen molar-refractivity contribution in [2.45, 2.75) is 11.4 Å². The minimum absolute atomic E-state index is 0.0937. The van der Waals surface area contributed by atoms with Gasteiger partial charge in [-0.15, -0.1) is 11.8 Å². The van der Waals surface area contributed by atoms with Crippen LogP contribution in [0.15, 0.2) is 52.0 Å². The van der Waals surface area contributed by atoms with Gasteiger partial charge in [0, 0.05) is 4.90 Å². The number of nitrogens with one attached hydrogen (secondary N) is 2. The summed E-state index contributed by atoms with van der Waals surface area (Å²) in [7, 11) is 0. The van der Waals surface area contributed by atoms with Gasteiger partial charge in [0.2, 0.25) is 11.8 Å². The molecule has 0 atom stereocenters. The van der Waals surface area contributed by atoms with Crippen molar-refractivity contribution >= 4 is 23.6 Å². The molecule has 0 radical (unpaired) electrons. The Labute approximate surface area is 131 Å². The highest BCUT2D eigenvalue weighted by molar-refractivity contribution is 8.00. The molecule has 5 nitrogen and oxygen atoms in total. The third-order valence-electron chi connectivity index (χ3n) is 2.67. The van der Waals surface area contributed by atoms with Crippen molar-refractivity contribution in [3.05, 3.63) is 54.2 Å². The minimum atomic E-state index is -0.318. The second-order valence-electron chi connectivity index (χ2n) is 4.38. The molecule has 0 saturated carbocycles. The van der Waals surface area contributed by atoms with Crippen LogP contribution in [0.3, 0.4) is 0 Å². The average molecular weight is 322 g/mol. The Kier molecular flexibility index (Phi) is 6.02. The summed E-state index contributed by atoms with van der Waals surface area (Å²) in [6, 6.07) is 9.35. The molecular weight excluding hydrogens is 307 g/mol. The fourth-order valence-corrected chi connectivity index (χ4v) is 2.30. The van der Waals surface area contributed by atoms with Crippen molar-refractivity contribution < 1.29 is 18.4 Å². The molecule has 0 bridgehead atoms. The van der Waals surface area contributed by atoms with Crippen LogP contribution in [0.4, 0.5) is 4.39 Å². The van der Waals surface area contributed by atoms with E-state index in [1.165, 1.54) is 30.2 Å². The Hall–Kier alpha value is -2.28. The Morgan fingerprint density at radius 3 is 2.55 bits per heavy atom. The van der Waals surface area contributed by atoms with Crippen LogP contribution in [0.1, 0.15) is 5.76 Å². The molecule has 7 heteroatoms. The second kappa shape index (κ2) is 8.23. The number of furan rings is 1. The maximum Gasteiger partial charge on any atom is 0.239 e. The van der Waals surface area contributed by atoms with Gasteiger partial charge in [-0.1, -0.05) is 0 Å². The average Bonchev–Trinajstić information content (AvgIpc) is 3.04. The number of benzene rings is 1. The van der Waals surface area contributed by atoms with E-state index in [0.29, 0.717) is 5.76 Å². The second-order valence-corrected chi connectivity index (χ2v) is 5.42. The van der Waals surface area contributed by atoms with Gasteiger partial charge in [-0.3, -0.25) is 9.59 Å². The summed E-state index contributed by atoms with van der Waals surface area (Å²) in [6.45, 7) is 0.190. The number of carbonyl (C=O) groups is 2. The summed E-state index contributed by atoms with van der Waals surface area (Å²) in [6.07, 6.45) is 1.52. The summed E-state index contributed by atoms with van der Waals surface area (Å²) in [5.41, 5.74) is 0. The summed E-state index contributed by atoms with van der Waals surface area (Å²) in [5, 5.41) is 5.14. The summed E-state index contributed by atoms with van der Waals surface area (Å²) in [5.74, 6) is -0.0653. The fourth-order valence-electron chi connectivity index (χ4n) is 1.57. The molecule has 0 aliphatic rings. The first kappa shape index (κ1) is 16.1. The molecular formula is C15H15FN2O3S. The van der Waals surface area contributed by atoms with E-state index in [9.17, 15) is 14.0 Å². The van der Waals surface area contributed by atoms with Crippen LogP contribution < -0.4 is 10.6 Å². The first-order valence-corrected chi connectivity index (χ1v) is 7.56. The lowest BCUT2D eigenvalue weighted by Gasteiger charge is -2.06. The van der Waals surface area contributed by atoms with Crippen molar-refractivity contribution in [1.29, 1.82) is 0 Å². The van der Waals surface area contributed by atoms with Gasteiger partial charge in [0.15, 0.2) is 0 Å². The Morgan fingerprint density at radius 2 is 1.86 bits per heavy atom. The summed E-state index contributed by atoms with van der Waals surface area (Å²) >= 11 is 1.27. The third kappa shape index (κ3) is 5.61. The van der Waals surface area contributed by atoms with E-state index in [1.54, 1.807) is 24.3 Å². The molecule has 22 heavy (non-hydrogen) atoms. The van der Waals surface area contributed by atoms with Gasteiger partial charge < -0.3 is 15.1 Å². The standard InChI is InChI=1S/C15H15FN2O3S/c16-11-3-5-13(6-4-11)22-10-15(20)18-9-14(19)17-8-12-2-1-7-21-12/h1-7H,8-10H2,(H,17,19)(H,18,20). The molecule has 2 N–H and O–H groups in total. The van der Waals surface area contributed by atoms with Crippen molar-refractivity contribution in [1.82, 2.24) is 10.6 Å². The summed E-state index contributed by atoms with van der Waals surface area (Å²) < 4.78 is 17.8. The number of rotatable bonds is 7. The summed E-state index contributed by atoms with van der Waals surface area (Å²) in [4.78, 5) is 23.9. The van der Waals surface area contributed by atoms with Crippen LogP contribution in [-0.2, 0) is 16.1 Å². The Bertz CT molecular complexity index is 614. The number of amides is 2. The van der Waals surface area contributed by atoms with E-state index in [0.717, 1.165) is 4.90 Å². The highest BCUT2D eigenvalue weighted by atomic mass is 32.2. The first-order chi connectivity index (χ1) is 10.6. The van der Waals surface area contributed by atoms with Gasteiger partial charge >= 0.3 is 0 Å². The molecule has 2 aromatic rings. The highest BCUT2D eigenvalue weighted by Crippen LogP contribution is 2.17. The van der Waals surface area contributed by atoms with E-state index in [4.69, 9.17) is 4.42 Å². The lowest BCUT2D eigenvalue weighted by atomic mass is 10.4. The van der Waals surface area contributed by atoms with E-state index >= 15 is 0 Å². The molecule has 0 saturated heterocycles. The van der Waals surface area contributed by atoms with Gasteiger partial charge in [-0.2, -0.15) is 0 Å². The zero-order chi connectivity index (χ0) is 15.8. The molecule has 2 amide bonds. The predicted octanol–water partition coefficient (Wildman–Crippen LogP) is 1.94. The van der Waals surface area contributed by atoms with Crippen molar-refractivity contribution in [3.63, 3.8) is 0 Å². The number of halogens is 1. The number of hydrogen-bond donors (Lipinski definition) is 2. The van der Waals surface area contributed by atoms with Gasteiger partial charge in [0.25, 0.3) is 0 Å². The number of thioether (sulfide) groups is 1. The smallest absolute Gasteiger partial charge is 0.239 e. The molecule has 0 fully saturated rings. The zero-order valence-corrected chi connectivity index (χ0v) is 12.5. The highest BCUT2D eigenvalue weighted by Gasteiger charge is 2.07. The van der Waals surface area contributed by atoms with E-state index in [2.05, 4.69) is 10.6 Å². The number of carbonyl (C=O) groups excluding carboxylic acids is 2. The van der Waals surface area contributed by atoms with Gasteiger partial charge in [0.1, 0.15) is 11.6 Å². The topological polar surface area (TPSA) is 71.3 Å². The quantitative estimate of drug-likeness (QED) is 0.764. The van der Waals surface area contributed by atoms with Crippen LogP contribution in [0.25, 0.3) is 0 Å². The predicted molar refractivity (Wildman–Crippen MR) is 80.7 cm³/mol. The number of hydrogen-bond acceptors (Lipinski definition) is 4. The minimum Gasteiger partial charge on any atom is -0.467 e. The molecule has 0 aliphatic heterocycles. The van der Waals surface area contributed by atoms with Gasteiger partial charge in [-0.05, 0) is 36.4 Å². The van der Waals surface area contributed by atoms with Crippen LogP contribution in [0.5, 0.6) is 0 Å². The van der Waals surface area contributed by atoms with Crippen LogP contribution >= 0.6 is 11.8 Å². The van der Waals surface area contributed by atoms with E-state index in [1.807, 2.05) is 0 Å². The molecule has 0 unspecified atom stereocenters. The maximum atomic E-state index is 12.7. The van der Waals surface area contributed by atoms with Crippen molar-refractivity contribution in [2.24, 2.45) is 0 Å². The molecule has 0 aliphatic carbocycles. The normalized spacial score (nSPS) is 10.2. The van der Waals surface area contributed by atoms with E-state index in [-0.39, 0.29) is 36.5 Å². The zero-order valence-electron chi connectivity index (χ0n) is 11.7. The molecule has 1 heterocycles. The van der Waals surface area contributed by atoms with Crippen LogP contribution in [0.2, 0.25) is 0 Å². The van der Waals surface area contributed by atoms with Gasteiger partial charge in [0.05, 0.1) is 25.1 Å². The molecule has 1 aromatic heterocycles. The molecule has 116 valence electrons. The van der Waals surface area contributed by atoms with Gasteiger partial charge in [-0.25, -0.2) is 4.39 Å². The first-order valence-electron chi connectivity index (χ1n) is 6.57. The van der Waals surface area contributed by atoms with Crippen LogP contribution in [0, 0.1) is 5.82 Å².